The molecule has 1 rings (SSSR count). The summed E-state index contributed by atoms with van der Waals surface area (Å²) in [4.78, 5) is 0.974. The van der Waals surface area contributed by atoms with Gasteiger partial charge in [-0.1, -0.05) is 22.9 Å². The van der Waals surface area contributed by atoms with E-state index in [1.54, 1.807) is 11.8 Å². The van der Waals surface area contributed by atoms with Gasteiger partial charge in [-0.15, -0.1) is 11.8 Å². The number of aliphatic hydroxyl groups excluding tert-OH is 1. The van der Waals surface area contributed by atoms with Gasteiger partial charge in [0.2, 0.25) is 0 Å². The van der Waals surface area contributed by atoms with E-state index in [1.807, 2.05) is 25.1 Å². The fraction of sp³-hybridized carbons (Fsp3) is 0.364. The molecule has 4 heteroatoms. The van der Waals surface area contributed by atoms with Crippen LogP contribution in [0.4, 0.5) is 0 Å². The largest absolute Gasteiger partial charge is 0.396 e. The lowest BCUT2D eigenvalue weighted by molar-refractivity contribution is 0.289. The van der Waals surface area contributed by atoms with E-state index in [0.717, 1.165) is 15.8 Å². The molecule has 1 atom stereocenters. The molecular formula is C11H12BrNOS. The van der Waals surface area contributed by atoms with Crippen molar-refractivity contribution >= 4 is 27.7 Å². The summed E-state index contributed by atoms with van der Waals surface area (Å²) in [7, 11) is 0. The summed E-state index contributed by atoms with van der Waals surface area (Å²) in [5.41, 5.74) is 0.680. The highest BCUT2D eigenvalue weighted by Gasteiger charge is 2.08. The molecule has 1 N–H and O–H groups in total. The van der Waals surface area contributed by atoms with Crippen molar-refractivity contribution in [2.75, 3.05) is 6.61 Å². The smallest absolute Gasteiger partial charge is 0.100 e. The highest BCUT2D eigenvalue weighted by Crippen LogP contribution is 2.29. The number of halogens is 1. The number of thioether (sulfide) groups is 1. The molecule has 0 saturated heterocycles. The Labute approximate surface area is 102 Å². The molecule has 15 heavy (non-hydrogen) atoms. The average Bonchev–Trinajstić information content (AvgIpc) is 2.21. The number of hydrogen-bond acceptors (Lipinski definition) is 3. The first kappa shape index (κ1) is 12.6. The second-order valence-corrected chi connectivity index (χ2v) is 5.59. The maximum Gasteiger partial charge on any atom is 0.100 e. The van der Waals surface area contributed by atoms with Crippen molar-refractivity contribution in [2.45, 2.75) is 23.5 Å². The second kappa shape index (κ2) is 6.16. The van der Waals surface area contributed by atoms with Crippen LogP contribution in [0.2, 0.25) is 0 Å². The SMILES string of the molecule is CC(CCO)Sc1ccc(Br)cc1C#N. The molecule has 0 heterocycles. The topological polar surface area (TPSA) is 44.0 Å². The van der Waals surface area contributed by atoms with Gasteiger partial charge < -0.3 is 5.11 Å². The maximum atomic E-state index is 8.95. The average molecular weight is 286 g/mol. The number of nitriles is 1. The van der Waals surface area contributed by atoms with E-state index in [0.29, 0.717) is 10.8 Å². The number of rotatable bonds is 4. The van der Waals surface area contributed by atoms with Crippen LogP contribution < -0.4 is 0 Å². The molecule has 0 radical (unpaired) electrons. The van der Waals surface area contributed by atoms with Gasteiger partial charge in [0.25, 0.3) is 0 Å². The molecule has 0 aromatic heterocycles. The zero-order valence-electron chi connectivity index (χ0n) is 8.40. The van der Waals surface area contributed by atoms with Gasteiger partial charge in [-0.25, -0.2) is 0 Å². The summed E-state index contributed by atoms with van der Waals surface area (Å²) in [6.07, 6.45) is 0.742. The number of hydrogen-bond donors (Lipinski definition) is 1. The minimum atomic E-state index is 0.187. The van der Waals surface area contributed by atoms with Crippen molar-refractivity contribution in [1.29, 1.82) is 5.26 Å². The highest BCUT2D eigenvalue weighted by molar-refractivity contribution is 9.10. The third-order valence-corrected chi connectivity index (χ3v) is 3.67. The van der Waals surface area contributed by atoms with Crippen LogP contribution in [0.15, 0.2) is 27.6 Å². The minimum absolute atomic E-state index is 0.187. The van der Waals surface area contributed by atoms with Crippen LogP contribution in [-0.4, -0.2) is 17.0 Å². The van der Waals surface area contributed by atoms with Gasteiger partial charge in [0, 0.05) is 21.2 Å². The standard InChI is InChI=1S/C11H12BrNOS/c1-8(4-5-14)15-11-3-2-10(12)6-9(11)7-13/h2-3,6,8,14H,4-5H2,1H3. The lowest BCUT2D eigenvalue weighted by Gasteiger charge is -2.10. The van der Waals surface area contributed by atoms with Crippen molar-refractivity contribution in [3.63, 3.8) is 0 Å². The van der Waals surface area contributed by atoms with E-state index < -0.39 is 0 Å². The van der Waals surface area contributed by atoms with Crippen molar-refractivity contribution in [3.8, 4) is 6.07 Å². The normalized spacial score (nSPS) is 12.1. The number of aliphatic hydroxyl groups is 1. The molecular weight excluding hydrogens is 274 g/mol. The number of nitrogens with zero attached hydrogens (tertiary/aromatic N) is 1. The van der Waals surface area contributed by atoms with Crippen LogP contribution in [0.1, 0.15) is 18.9 Å². The summed E-state index contributed by atoms with van der Waals surface area (Å²) in [5.74, 6) is 0. The predicted molar refractivity (Wildman–Crippen MR) is 65.9 cm³/mol. The van der Waals surface area contributed by atoms with Crippen molar-refractivity contribution < 1.29 is 5.11 Å². The summed E-state index contributed by atoms with van der Waals surface area (Å²) in [6, 6.07) is 7.84. The van der Waals surface area contributed by atoms with Crippen molar-refractivity contribution in [1.82, 2.24) is 0 Å². The summed E-state index contributed by atoms with van der Waals surface area (Å²) in [6.45, 7) is 2.23. The van der Waals surface area contributed by atoms with E-state index in [-0.39, 0.29) is 6.61 Å². The molecule has 1 unspecified atom stereocenters. The quantitative estimate of drug-likeness (QED) is 0.864. The lowest BCUT2D eigenvalue weighted by Crippen LogP contribution is -1.99. The van der Waals surface area contributed by atoms with Crippen LogP contribution in [0, 0.1) is 11.3 Å². The Balaban J connectivity index is 2.81. The van der Waals surface area contributed by atoms with E-state index in [2.05, 4.69) is 22.0 Å². The zero-order valence-corrected chi connectivity index (χ0v) is 10.8. The Morgan fingerprint density at radius 2 is 2.33 bits per heavy atom. The van der Waals surface area contributed by atoms with Crippen LogP contribution in [0.3, 0.4) is 0 Å². The van der Waals surface area contributed by atoms with Crippen LogP contribution in [-0.2, 0) is 0 Å². The summed E-state index contributed by atoms with van der Waals surface area (Å²) >= 11 is 4.96. The third-order valence-electron chi connectivity index (χ3n) is 1.93. The molecule has 1 aromatic rings. The van der Waals surface area contributed by atoms with Gasteiger partial charge in [-0.05, 0) is 24.6 Å². The highest BCUT2D eigenvalue weighted by atomic mass is 79.9. The molecule has 0 aliphatic carbocycles. The maximum absolute atomic E-state index is 8.95. The van der Waals surface area contributed by atoms with Crippen LogP contribution in [0.25, 0.3) is 0 Å². The Kier molecular flexibility index (Phi) is 5.16. The minimum Gasteiger partial charge on any atom is -0.396 e. The van der Waals surface area contributed by atoms with Crippen molar-refractivity contribution in [3.05, 3.63) is 28.2 Å². The lowest BCUT2D eigenvalue weighted by atomic mass is 10.2. The second-order valence-electron chi connectivity index (χ2n) is 3.19. The van der Waals surface area contributed by atoms with Gasteiger partial charge in [0.15, 0.2) is 0 Å². The molecule has 0 amide bonds. The predicted octanol–water partition coefficient (Wildman–Crippen LogP) is 3.18. The van der Waals surface area contributed by atoms with Gasteiger partial charge in [0.05, 0.1) is 5.56 Å². The van der Waals surface area contributed by atoms with Gasteiger partial charge in [-0.3, -0.25) is 0 Å². The van der Waals surface area contributed by atoms with Gasteiger partial charge >= 0.3 is 0 Å². The fourth-order valence-electron chi connectivity index (χ4n) is 1.15. The molecule has 0 aliphatic rings. The molecule has 0 bridgehead atoms. The molecule has 2 nitrogen and oxygen atoms in total. The molecule has 1 aromatic carbocycles. The van der Waals surface area contributed by atoms with E-state index in [9.17, 15) is 0 Å². The van der Waals surface area contributed by atoms with E-state index in [4.69, 9.17) is 10.4 Å². The molecule has 0 spiro atoms. The van der Waals surface area contributed by atoms with Crippen molar-refractivity contribution in [2.24, 2.45) is 0 Å². The molecule has 0 saturated carbocycles. The van der Waals surface area contributed by atoms with Gasteiger partial charge in [-0.2, -0.15) is 5.26 Å². The summed E-state index contributed by atoms with van der Waals surface area (Å²) < 4.78 is 0.915. The Hall–Kier alpha value is -0.500. The fourth-order valence-corrected chi connectivity index (χ4v) is 2.55. The Morgan fingerprint density at radius 1 is 1.60 bits per heavy atom. The monoisotopic (exact) mass is 285 g/mol. The first-order chi connectivity index (χ1) is 7.17. The first-order valence-corrected chi connectivity index (χ1v) is 6.31. The van der Waals surface area contributed by atoms with Crippen LogP contribution >= 0.6 is 27.7 Å². The molecule has 80 valence electrons. The Bertz CT molecular complexity index is 375. The number of benzene rings is 1. The Morgan fingerprint density at radius 3 is 2.93 bits per heavy atom. The third kappa shape index (κ3) is 3.86. The first-order valence-electron chi connectivity index (χ1n) is 4.64. The van der Waals surface area contributed by atoms with E-state index in [1.165, 1.54) is 0 Å². The summed E-state index contributed by atoms with van der Waals surface area (Å²) in [5, 5.41) is 18.1. The molecule has 0 aliphatic heterocycles. The van der Waals surface area contributed by atoms with Gasteiger partial charge in [0.1, 0.15) is 6.07 Å². The van der Waals surface area contributed by atoms with Crippen LogP contribution in [0.5, 0.6) is 0 Å². The zero-order chi connectivity index (χ0) is 11.3. The van der Waals surface area contributed by atoms with E-state index >= 15 is 0 Å². The molecule has 0 fully saturated rings.